The molecule has 1 aromatic carbocycles. The standard InChI is InChI=1S/C6H4ClO2S/c7-5-2-1-3-6(4-5)10(8)9/h1,3-4,10H. The van der Waals surface area contributed by atoms with Gasteiger partial charge in [-0.1, -0.05) is 17.7 Å². The van der Waals surface area contributed by atoms with E-state index >= 15 is 0 Å². The number of thiol groups is 1. The molecule has 1 radical (unpaired) electrons. The molecular formula is C6H4ClO2S. The van der Waals surface area contributed by atoms with E-state index in [4.69, 9.17) is 11.6 Å². The van der Waals surface area contributed by atoms with Gasteiger partial charge in [-0.25, -0.2) is 8.42 Å². The molecule has 0 aliphatic heterocycles. The molecule has 0 amide bonds. The number of benzene rings is 1. The first-order valence-electron chi connectivity index (χ1n) is 2.52. The lowest BCUT2D eigenvalue weighted by atomic mass is 10.4. The summed E-state index contributed by atoms with van der Waals surface area (Å²) in [6.07, 6.45) is 0. The monoisotopic (exact) mass is 175 g/mol. The summed E-state index contributed by atoms with van der Waals surface area (Å²) >= 11 is 5.47. The zero-order valence-electron chi connectivity index (χ0n) is 4.87. The molecule has 2 nitrogen and oxygen atoms in total. The normalized spacial score (nSPS) is 10.2. The predicted molar refractivity (Wildman–Crippen MR) is 38.9 cm³/mol. The molecule has 1 aromatic rings. The van der Waals surface area contributed by atoms with Crippen LogP contribution in [0.5, 0.6) is 0 Å². The molecule has 0 N–H and O–H groups in total. The molecule has 0 bridgehead atoms. The minimum atomic E-state index is -2.52. The van der Waals surface area contributed by atoms with Gasteiger partial charge in [0.2, 0.25) is 0 Å². The first-order chi connectivity index (χ1) is 4.70. The van der Waals surface area contributed by atoms with E-state index in [2.05, 4.69) is 6.07 Å². The van der Waals surface area contributed by atoms with Crippen LogP contribution in [0, 0.1) is 6.07 Å². The molecule has 1 rings (SSSR count). The largest absolute Gasteiger partial charge is 0.227 e. The maximum absolute atomic E-state index is 10.3. The van der Waals surface area contributed by atoms with E-state index in [1.54, 1.807) is 0 Å². The van der Waals surface area contributed by atoms with Crippen LogP contribution in [0.2, 0.25) is 5.02 Å². The third-order valence-electron chi connectivity index (χ3n) is 0.961. The number of hydrogen-bond donors (Lipinski definition) is 1. The molecule has 0 atom stereocenters. The van der Waals surface area contributed by atoms with Crippen molar-refractivity contribution in [3.8, 4) is 0 Å². The minimum Gasteiger partial charge on any atom is -0.227 e. The van der Waals surface area contributed by atoms with Gasteiger partial charge in [-0.05, 0) is 12.1 Å². The summed E-state index contributed by atoms with van der Waals surface area (Å²) in [6.45, 7) is 0. The molecule has 0 aromatic heterocycles. The van der Waals surface area contributed by atoms with Gasteiger partial charge >= 0.3 is 0 Å². The lowest BCUT2D eigenvalue weighted by Gasteiger charge is -1.88. The lowest BCUT2D eigenvalue weighted by Crippen LogP contribution is -1.77. The van der Waals surface area contributed by atoms with Crippen molar-refractivity contribution in [2.75, 3.05) is 0 Å². The van der Waals surface area contributed by atoms with Gasteiger partial charge in [-0.3, -0.25) is 0 Å². The van der Waals surface area contributed by atoms with E-state index in [9.17, 15) is 8.42 Å². The Morgan fingerprint density at radius 1 is 1.50 bits per heavy atom. The first-order valence-corrected chi connectivity index (χ1v) is 4.07. The van der Waals surface area contributed by atoms with Crippen molar-refractivity contribution in [3.05, 3.63) is 29.3 Å². The molecule has 0 heterocycles. The zero-order chi connectivity index (χ0) is 7.56. The van der Waals surface area contributed by atoms with Crippen LogP contribution >= 0.6 is 11.6 Å². The fourth-order valence-corrected chi connectivity index (χ4v) is 1.23. The fourth-order valence-electron chi connectivity index (χ4n) is 0.540. The summed E-state index contributed by atoms with van der Waals surface area (Å²) < 4.78 is 20.6. The second kappa shape index (κ2) is 3.03. The van der Waals surface area contributed by atoms with Gasteiger partial charge in [0, 0.05) is 11.1 Å². The molecular weight excluding hydrogens is 172 g/mol. The Hall–Kier alpha value is -0.540. The SMILES string of the molecule is O=[SH](=O)c1cc[c]c(Cl)c1. The van der Waals surface area contributed by atoms with Crippen molar-refractivity contribution in [2.45, 2.75) is 4.90 Å². The van der Waals surface area contributed by atoms with Crippen LogP contribution in [0.25, 0.3) is 0 Å². The quantitative estimate of drug-likeness (QED) is 0.649. The van der Waals surface area contributed by atoms with Crippen LogP contribution in [0.3, 0.4) is 0 Å². The first kappa shape index (κ1) is 7.57. The highest BCUT2D eigenvalue weighted by molar-refractivity contribution is 7.72. The maximum atomic E-state index is 10.3. The lowest BCUT2D eigenvalue weighted by molar-refractivity contribution is 0.614. The van der Waals surface area contributed by atoms with Gasteiger partial charge in [0.15, 0.2) is 10.7 Å². The number of hydrogen-bond acceptors (Lipinski definition) is 2. The summed E-state index contributed by atoms with van der Waals surface area (Å²) in [5.74, 6) is 0. The highest BCUT2D eigenvalue weighted by atomic mass is 35.5. The molecule has 0 spiro atoms. The topological polar surface area (TPSA) is 34.1 Å². The van der Waals surface area contributed by atoms with Crippen LogP contribution in [-0.4, -0.2) is 8.42 Å². The molecule has 53 valence electrons. The van der Waals surface area contributed by atoms with Crippen LogP contribution in [0.15, 0.2) is 23.1 Å². The van der Waals surface area contributed by atoms with Gasteiger partial charge in [-0.15, -0.1) is 0 Å². The average Bonchev–Trinajstić information content (AvgIpc) is 1.88. The second-order valence-electron chi connectivity index (χ2n) is 1.65. The van der Waals surface area contributed by atoms with Crippen LogP contribution in [-0.2, 0) is 10.7 Å². The van der Waals surface area contributed by atoms with Crippen LogP contribution in [0.4, 0.5) is 0 Å². The van der Waals surface area contributed by atoms with Crippen molar-refractivity contribution in [1.29, 1.82) is 0 Å². The summed E-state index contributed by atoms with van der Waals surface area (Å²) in [6, 6.07) is 6.90. The Labute approximate surface area is 65.4 Å². The Bertz CT molecular complexity index is 298. The molecule has 0 saturated carbocycles. The van der Waals surface area contributed by atoms with E-state index in [-0.39, 0.29) is 4.90 Å². The van der Waals surface area contributed by atoms with Gasteiger partial charge in [0.05, 0.1) is 4.90 Å². The van der Waals surface area contributed by atoms with Crippen molar-refractivity contribution in [1.82, 2.24) is 0 Å². The predicted octanol–water partition coefficient (Wildman–Crippen LogP) is 1.11. The average molecular weight is 176 g/mol. The highest BCUT2D eigenvalue weighted by Crippen LogP contribution is 2.10. The smallest absolute Gasteiger partial charge is 0.168 e. The molecule has 0 fully saturated rings. The molecule has 10 heavy (non-hydrogen) atoms. The van der Waals surface area contributed by atoms with E-state index < -0.39 is 10.7 Å². The Morgan fingerprint density at radius 2 is 2.20 bits per heavy atom. The van der Waals surface area contributed by atoms with Gasteiger partial charge in [0.1, 0.15) is 0 Å². The molecule has 4 heteroatoms. The summed E-state index contributed by atoms with van der Waals surface area (Å²) in [4.78, 5) is 0.221. The molecule has 0 aliphatic carbocycles. The van der Waals surface area contributed by atoms with Gasteiger partial charge < -0.3 is 0 Å². The number of halogens is 1. The molecule has 0 aliphatic rings. The van der Waals surface area contributed by atoms with Crippen LogP contribution in [0.1, 0.15) is 0 Å². The van der Waals surface area contributed by atoms with E-state index in [1.165, 1.54) is 18.2 Å². The highest BCUT2D eigenvalue weighted by Gasteiger charge is 1.93. The maximum Gasteiger partial charge on any atom is 0.168 e. The van der Waals surface area contributed by atoms with Crippen molar-refractivity contribution in [2.24, 2.45) is 0 Å². The second-order valence-corrected chi connectivity index (χ2v) is 3.09. The van der Waals surface area contributed by atoms with Crippen molar-refractivity contribution in [3.63, 3.8) is 0 Å². The Morgan fingerprint density at radius 3 is 2.60 bits per heavy atom. The van der Waals surface area contributed by atoms with E-state index in [1.807, 2.05) is 0 Å². The Kier molecular flexibility index (Phi) is 2.29. The zero-order valence-corrected chi connectivity index (χ0v) is 6.52. The van der Waals surface area contributed by atoms with Crippen molar-refractivity contribution < 1.29 is 8.42 Å². The number of rotatable bonds is 1. The summed E-state index contributed by atoms with van der Waals surface area (Å²) in [5, 5.41) is 0.316. The minimum absolute atomic E-state index is 0.221. The van der Waals surface area contributed by atoms with Gasteiger partial charge in [-0.2, -0.15) is 0 Å². The van der Waals surface area contributed by atoms with Crippen molar-refractivity contribution >= 4 is 22.3 Å². The van der Waals surface area contributed by atoms with Crippen LogP contribution < -0.4 is 0 Å². The Balaban J connectivity index is 3.19. The van der Waals surface area contributed by atoms with E-state index in [0.29, 0.717) is 5.02 Å². The molecule has 0 saturated heterocycles. The fraction of sp³-hybridized carbons (Fsp3) is 0. The summed E-state index contributed by atoms with van der Waals surface area (Å²) in [7, 11) is -2.52. The summed E-state index contributed by atoms with van der Waals surface area (Å²) in [5.41, 5.74) is 0. The van der Waals surface area contributed by atoms with E-state index in [0.717, 1.165) is 0 Å². The third kappa shape index (κ3) is 1.72. The van der Waals surface area contributed by atoms with Gasteiger partial charge in [0.25, 0.3) is 0 Å². The molecule has 0 unspecified atom stereocenters. The third-order valence-corrected chi connectivity index (χ3v) is 1.88.